The minimum atomic E-state index is -4.29. The van der Waals surface area contributed by atoms with Crippen LogP contribution in [0.25, 0.3) is 11.3 Å². The van der Waals surface area contributed by atoms with Crippen molar-refractivity contribution >= 4 is 11.8 Å². The number of aliphatic hydroxyl groups is 1. The van der Waals surface area contributed by atoms with Crippen molar-refractivity contribution in [3.63, 3.8) is 0 Å². The Labute approximate surface area is 105 Å². The molecular weight excluding hydrogens is 267 g/mol. The topological polar surface area (TPSA) is 46.3 Å². The minimum absolute atomic E-state index is 0.108. The lowest BCUT2D eigenvalue weighted by atomic mass is 10.1. The van der Waals surface area contributed by atoms with Crippen LogP contribution in [0.2, 0.25) is 0 Å². The zero-order valence-corrected chi connectivity index (χ0v) is 9.76. The number of hydrogen-bond donors (Lipinski definition) is 1. The van der Waals surface area contributed by atoms with E-state index in [1.54, 1.807) is 0 Å². The lowest BCUT2D eigenvalue weighted by Gasteiger charge is -2.05. The summed E-state index contributed by atoms with van der Waals surface area (Å²) in [5.74, 6) is 0.304. The summed E-state index contributed by atoms with van der Waals surface area (Å²) in [4.78, 5) is 0.108. The third-order valence-electron chi connectivity index (χ3n) is 2.10. The molecule has 0 radical (unpaired) electrons. The molecule has 0 saturated carbocycles. The highest BCUT2D eigenvalue weighted by Gasteiger charge is 2.29. The van der Waals surface area contributed by atoms with Crippen LogP contribution in [0.3, 0.4) is 0 Å². The van der Waals surface area contributed by atoms with Crippen LogP contribution < -0.4 is 0 Å². The molecule has 0 spiro atoms. The molecule has 0 fully saturated rings. The first-order valence-corrected chi connectivity index (χ1v) is 5.72. The lowest BCUT2D eigenvalue weighted by molar-refractivity contribution is -0.0328. The van der Waals surface area contributed by atoms with Crippen molar-refractivity contribution in [3.8, 4) is 11.3 Å². The third-order valence-corrected chi connectivity index (χ3v) is 2.84. The monoisotopic (exact) mass is 275 g/mol. The Morgan fingerprint density at radius 3 is 2.39 bits per heavy atom. The third kappa shape index (κ3) is 3.27. The summed E-state index contributed by atoms with van der Waals surface area (Å²) in [5.41, 5.74) is -3.19. The second kappa shape index (κ2) is 5.03. The van der Waals surface area contributed by atoms with Gasteiger partial charge in [-0.15, -0.1) is 0 Å². The quantitative estimate of drug-likeness (QED) is 0.871. The molecular formula is C11H8F3NO2S. The number of halogens is 3. The van der Waals surface area contributed by atoms with Gasteiger partial charge in [0.2, 0.25) is 0 Å². The average Bonchev–Trinajstić information content (AvgIpc) is 2.76. The maximum absolute atomic E-state index is 12.1. The number of benzene rings is 1. The summed E-state index contributed by atoms with van der Waals surface area (Å²) in [5, 5.41) is 12.5. The summed E-state index contributed by atoms with van der Waals surface area (Å²) in [7, 11) is 0. The van der Waals surface area contributed by atoms with Gasteiger partial charge in [0.25, 0.3) is 0 Å². The Kier molecular flexibility index (Phi) is 3.63. The Hall–Kier alpha value is -1.47. The smallest absolute Gasteiger partial charge is 0.388 e. The van der Waals surface area contributed by atoms with E-state index in [4.69, 9.17) is 9.63 Å². The molecule has 0 unspecified atom stereocenters. The molecule has 7 heteroatoms. The van der Waals surface area contributed by atoms with E-state index in [9.17, 15) is 13.2 Å². The largest absolute Gasteiger partial charge is 0.446 e. The molecule has 0 bridgehead atoms. The van der Waals surface area contributed by atoms with Gasteiger partial charge in [0, 0.05) is 16.5 Å². The fraction of sp³-hybridized carbons (Fsp3) is 0.182. The molecule has 2 aromatic rings. The predicted octanol–water partition coefficient (Wildman–Crippen LogP) is 3.45. The van der Waals surface area contributed by atoms with Gasteiger partial charge in [-0.25, -0.2) is 0 Å². The lowest BCUT2D eigenvalue weighted by Crippen LogP contribution is -1.98. The van der Waals surface area contributed by atoms with Gasteiger partial charge in [-0.05, 0) is 23.9 Å². The Bertz CT molecular complexity index is 522. The fourth-order valence-electron chi connectivity index (χ4n) is 1.35. The average molecular weight is 275 g/mol. The van der Waals surface area contributed by atoms with Crippen LogP contribution in [0.1, 0.15) is 5.76 Å². The van der Waals surface area contributed by atoms with Crippen LogP contribution in [0.5, 0.6) is 0 Å². The van der Waals surface area contributed by atoms with Gasteiger partial charge in [-0.2, -0.15) is 13.2 Å². The molecule has 18 heavy (non-hydrogen) atoms. The molecule has 2 rings (SSSR count). The SMILES string of the molecule is OCc1cc(-c2ccc(SC(F)(F)F)cc2)no1. The molecule has 1 aromatic carbocycles. The zero-order valence-electron chi connectivity index (χ0n) is 8.94. The molecule has 0 amide bonds. The van der Waals surface area contributed by atoms with Crippen LogP contribution in [0.4, 0.5) is 13.2 Å². The zero-order chi connectivity index (χ0) is 13.2. The molecule has 3 nitrogen and oxygen atoms in total. The Morgan fingerprint density at radius 2 is 1.89 bits per heavy atom. The van der Waals surface area contributed by atoms with E-state index >= 15 is 0 Å². The van der Waals surface area contributed by atoms with E-state index in [1.807, 2.05) is 0 Å². The van der Waals surface area contributed by atoms with Gasteiger partial charge >= 0.3 is 5.51 Å². The van der Waals surface area contributed by atoms with Crippen molar-refractivity contribution in [2.24, 2.45) is 0 Å². The summed E-state index contributed by atoms with van der Waals surface area (Å²) in [6.07, 6.45) is 0. The number of aromatic nitrogens is 1. The molecule has 1 N–H and O–H groups in total. The number of rotatable bonds is 3. The van der Waals surface area contributed by atoms with Crippen molar-refractivity contribution in [2.45, 2.75) is 17.0 Å². The van der Waals surface area contributed by atoms with Crippen LogP contribution in [-0.4, -0.2) is 15.8 Å². The molecule has 0 aliphatic carbocycles. The van der Waals surface area contributed by atoms with Gasteiger partial charge in [-0.1, -0.05) is 17.3 Å². The standard InChI is InChI=1S/C11H8F3NO2S/c12-11(13,14)18-9-3-1-7(2-4-9)10-5-8(6-16)17-15-10/h1-5,16H,6H2. The number of hydrogen-bond acceptors (Lipinski definition) is 4. The summed E-state index contributed by atoms with van der Waals surface area (Å²) in [6.45, 7) is -0.269. The fourth-order valence-corrected chi connectivity index (χ4v) is 1.89. The predicted molar refractivity (Wildman–Crippen MR) is 59.8 cm³/mol. The van der Waals surface area contributed by atoms with Crippen molar-refractivity contribution < 1.29 is 22.8 Å². The van der Waals surface area contributed by atoms with Gasteiger partial charge in [0.05, 0.1) is 0 Å². The minimum Gasteiger partial charge on any atom is -0.388 e. The first-order valence-electron chi connectivity index (χ1n) is 4.90. The van der Waals surface area contributed by atoms with Crippen molar-refractivity contribution in [3.05, 3.63) is 36.1 Å². The van der Waals surface area contributed by atoms with Crippen LogP contribution in [-0.2, 0) is 6.61 Å². The molecule has 0 aliphatic heterocycles. The summed E-state index contributed by atoms with van der Waals surface area (Å²) in [6, 6.07) is 7.30. The summed E-state index contributed by atoms with van der Waals surface area (Å²) < 4.78 is 41.2. The molecule has 1 aromatic heterocycles. The second-order valence-corrected chi connectivity index (χ2v) is 4.55. The van der Waals surface area contributed by atoms with Crippen LogP contribution in [0.15, 0.2) is 39.8 Å². The van der Waals surface area contributed by atoms with E-state index in [1.165, 1.54) is 30.3 Å². The molecule has 0 atom stereocenters. The first kappa shape index (κ1) is 13.0. The Morgan fingerprint density at radius 1 is 1.22 bits per heavy atom. The van der Waals surface area contributed by atoms with E-state index in [0.29, 0.717) is 17.0 Å². The molecule has 0 aliphatic rings. The summed E-state index contributed by atoms with van der Waals surface area (Å²) >= 11 is -0.169. The van der Waals surface area contributed by atoms with Crippen molar-refractivity contribution in [2.75, 3.05) is 0 Å². The van der Waals surface area contributed by atoms with Gasteiger partial charge in [0.1, 0.15) is 12.3 Å². The number of nitrogens with zero attached hydrogens (tertiary/aromatic N) is 1. The van der Waals surface area contributed by atoms with E-state index in [0.717, 1.165) is 0 Å². The second-order valence-electron chi connectivity index (χ2n) is 3.41. The van der Waals surface area contributed by atoms with Crippen LogP contribution >= 0.6 is 11.8 Å². The number of thioether (sulfide) groups is 1. The van der Waals surface area contributed by atoms with Gasteiger partial charge < -0.3 is 9.63 Å². The highest BCUT2D eigenvalue weighted by atomic mass is 32.2. The Balaban J connectivity index is 2.17. The maximum atomic E-state index is 12.1. The molecule has 1 heterocycles. The highest BCUT2D eigenvalue weighted by molar-refractivity contribution is 8.00. The normalized spacial score (nSPS) is 11.8. The number of alkyl halides is 3. The first-order chi connectivity index (χ1) is 8.48. The maximum Gasteiger partial charge on any atom is 0.446 e. The number of aliphatic hydroxyl groups excluding tert-OH is 1. The highest BCUT2D eigenvalue weighted by Crippen LogP contribution is 2.37. The molecule has 0 saturated heterocycles. The van der Waals surface area contributed by atoms with Crippen molar-refractivity contribution in [1.29, 1.82) is 0 Å². The van der Waals surface area contributed by atoms with Gasteiger partial charge in [0.15, 0.2) is 5.76 Å². The van der Waals surface area contributed by atoms with E-state index in [2.05, 4.69) is 5.16 Å². The van der Waals surface area contributed by atoms with E-state index in [-0.39, 0.29) is 23.3 Å². The van der Waals surface area contributed by atoms with Crippen LogP contribution in [0, 0.1) is 0 Å². The van der Waals surface area contributed by atoms with E-state index < -0.39 is 5.51 Å². The van der Waals surface area contributed by atoms with Crippen molar-refractivity contribution in [1.82, 2.24) is 5.16 Å². The molecule has 96 valence electrons. The van der Waals surface area contributed by atoms with Gasteiger partial charge in [-0.3, -0.25) is 0 Å².